The second-order valence-electron chi connectivity index (χ2n) is 4.70. The van der Waals surface area contributed by atoms with Crippen molar-refractivity contribution in [2.24, 2.45) is 5.73 Å². The number of thiazole rings is 1. The normalized spacial score (nSPS) is 14.4. The van der Waals surface area contributed by atoms with E-state index >= 15 is 0 Å². The Hall–Kier alpha value is -0.710. The van der Waals surface area contributed by atoms with E-state index in [0.29, 0.717) is 0 Å². The van der Waals surface area contributed by atoms with Crippen LogP contribution in [-0.2, 0) is 6.42 Å². The zero-order valence-corrected chi connectivity index (χ0v) is 12.6. The molecular formula is C14H15BrN2S. The van der Waals surface area contributed by atoms with E-state index in [-0.39, 0.29) is 6.04 Å². The van der Waals surface area contributed by atoms with Crippen LogP contribution in [0.5, 0.6) is 0 Å². The first-order chi connectivity index (χ1) is 8.69. The van der Waals surface area contributed by atoms with Gasteiger partial charge in [-0.15, -0.1) is 11.3 Å². The predicted octanol–water partition coefficient (Wildman–Crippen LogP) is 4.28. The highest BCUT2D eigenvalue weighted by molar-refractivity contribution is 9.10. The first kappa shape index (κ1) is 12.3. The van der Waals surface area contributed by atoms with Gasteiger partial charge >= 0.3 is 0 Å². The molecule has 1 aliphatic rings. The molecule has 1 heterocycles. The van der Waals surface area contributed by atoms with Gasteiger partial charge in [0.25, 0.3) is 0 Å². The molecule has 0 fully saturated rings. The van der Waals surface area contributed by atoms with Crippen molar-refractivity contribution in [1.29, 1.82) is 0 Å². The second-order valence-corrected chi connectivity index (χ2v) is 6.73. The van der Waals surface area contributed by atoms with Crippen LogP contribution in [0.4, 0.5) is 0 Å². The first-order valence-corrected chi connectivity index (χ1v) is 7.84. The largest absolute Gasteiger partial charge is 0.322 e. The van der Waals surface area contributed by atoms with Gasteiger partial charge in [0.1, 0.15) is 5.01 Å². The average molecular weight is 323 g/mol. The number of aromatic nitrogens is 1. The molecule has 4 heteroatoms. The summed E-state index contributed by atoms with van der Waals surface area (Å²) in [4.78, 5) is 6.12. The zero-order valence-electron chi connectivity index (χ0n) is 10.2. The number of hydrogen-bond acceptors (Lipinski definition) is 3. The van der Waals surface area contributed by atoms with Gasteiger partial charge in [0, 0.05) is 21.3 Å². The topological polar surface area (TPSA) is 38.9 Å². The zero-order chi connectivity index (χ0) is 12.7. The Kier molecular flexibility index (Phi) is 3.26. The van der Waals surface area contributed by atoms with Crippen LogP contribution in [-0.4, -0.2) is 4.98 Å². The molecule has 3 rings (SSSR count). The van der Waals surface area contributed by atoms with Crippen molar-refractivity contribution in [3.63, 3.8) is 0 Å². The summed E-state index contributed by atoms with van der Waals surface area (Å²) in [6, 6.07) is 6.53. The summed E-state index contributed by atoms with van der Waals surface area (Å²) in [6.07, 6.45) is 3.12. The lowest BCUT2D eigenvalue weighted by Crippen LogP contribution is -2.09. The molecule has 1 aliphatic carbocycles. The Labute approximate surface area is 119 Å². The molecule has 0 amide bonds. The van der Waals surface area contributed by atoms with Crippen LogP contribution in [0.2, 0.25) is 0 Å². The van der Waals surface area contributed by atoms with E-state index in [9.17, 15) is 0 Å². The molecule has 0 saturated carbocycles. The molecule has 2 N–H and O–H groups in total. The second kappa shape index (κ2) is 4.76. The van der Waals surface area contributed by atoms with Gasteiger partial charge in [-0.1, -0.05) is 35.3 Å². The molecule has 94 valence electrons. The average Bonchev–Trinajstić information content (AvgIpc) is 2.85. The van der Waals surface area contributed by atoms with Gasteiger partial charge in [0.15, 0.2) is 0 Å². The number of hydrogen-bond donors (Lipinski definition) is 1. The standard InChI is InChI=1S/C14H15BrN2S/c1-2-3-11(16)14-17-13-10-5-4-9(15)6-8(10)7-12(13)18-14/h4-6,11H,2-3,7,16H2,1H3. The minimum Gasteiger partial charge on any atom is -0.322 e. The highest BCUT2D eigenvalue weighted by Crippen LogP contribution is 2.41. The summed E-state index contributed by atoms with van der Waals surface area (Å²) >= 11 is 5.30. The number of nitrogens with zero attached hydrogens (tertiary/aromatic N) is 1. The Morgan fingerprint density at radius 2 is 2.33 bits per heavy atom. The maximum Gasteiger partial charge on any atom is 0.110 e. The minimum atomic E-state index is 0.101. The third kappa shape index (κ3) is 2.02. The molecule has 1 unspecified atom stereocenters. The molecular weight excluding hydrogens is 308 g/mol. The molecule has 0 radical (unpaired) electrons. The third-order valence-electron chi connectivity index (χ3n) is 3.30. The van der Waals surface area contributed by atoms with Crippen molar-refractivity contribution < 1.29 is 0 Å². The SMILES string of the molecule is CCCC(N)c1nc2c(s1)Cc1cc(Br)ccc1-2. The number of benzene rings is 1. The molecule has 1 atom stereocenters. The maximum absolute atomic E-state index is 6.15. The Bertz CT molecular complexity index is 591. The van der Waals surface area contributed by atoms with Gasteiger partial charge in [-0.25, -0.2) is 4.98 Å². The first-order valence-electron chi connectivity index (χ1n) is 6.23. The predicted molar refractivity (Wildman–Crippen MR) is 79.9 cm³/mol. The highest BCUT2D eigenvalue weighted by Gasteiger charge is 2.24. The summed E-state index contributed by atoms with van der Waals surface area (Å²) in [7, 11) is 0. The van der Waals surface area contributed by atoms with E-state index < -0.39 is 0 Å². The van der Waals surface area contributed by atoms with E-state index in [2.05, 4.69) is 41.1 Å². The Morgan fingerprint density at radius 3 is 3.11 bits per heavy atom. The van der Waals surface area contributed by atoms with Gasteiger partial charge in [-0.2, -0.15) is 0 Å². The molecule has 2 aromatic rings. The molecule has 0 bridgehead atoms. The van der Waals surface area contributed by atoms with Crippen molar-refractivity contribution in [1.82, 2.24) is 4.98 Å². The molecule has 0 saturated heterocycles. The lowest BCUT2D eigenvalue weighted by molar-refractivity contribution is 0.635. The number of fused-ring (bicyclic) bond motifs is 3. The molecule has 18 heavy (non-hydrogen) atoms. The van der Waals surface area contributed by atoms with E-state index in [1.54, 1.807) is 11.3 Å². The van der Waals surface area contributed by atoms with E-state index in [1.807, 2.05) is 0 Å². The van der Waals surface area contributed by atoms with Gasteiger partial charge in [-0.3, -0.25) is 0 Å². The van der Waals surface area contributed by atoms with Crippen molar-refractivity contribution >= 4 is 27.3 Å². The molecule has 1 aromatic heterocycles. The number of nitrogens with two attached hydrogens (primary N) is 1. The fraction of sp³-hybridized carbons (Fsp3) is 0.357. The quantitative estimate of drug-likeness (QED) is 0.781. The minimum absolute atomic E-state index is 0.101. The van der Waals surface area contributed by atoms with Crippen LogP contribution >= 0.6 is 27.3 Å². The number of rotatable bonds is 3. The van der Waals surface area contributed by atoms with Gasteiger partial charge < -0.3 is 5.73 Å². The fourth-order valence-electron chi connectivity index (χ4n) is 2.41. The summed E-state index contributed by atoms with van der Waals surface area (Å²) in [6.45, 7) is 2.16. The smallest absolute Gasteiger partial charge is 0.110 e. The summed E-state index contributed by atoms with van der Waals surface area (Å²) in [5.41, 5.74) is 9.95. The van der Waals surface area contributed by atoms with Crippen LogP contribution in [0.15, 0.2) is 22.7 Å². The van der Waals surface area contributed by atoms with Crippen molar-refractivity contribution in [3.8, 4) is 11.3 Å². The van der Waals surface area contributed by atoms with Gasteiger partial charge in [-0.05, 0) is 24.1 Å². The lowest BCUT2D eigenvalue weighted by Gasteiger charge is -2.06. The Morgan fingerprint density at radius 1 is 1.50 bits per heavy atom. The van der Waals surface area contributed by atoms with Crippen molar-refractivity contribution in [3.05, 3.63) is 38.1 Å². The van der Waals surface area contributed by atoms with Crippen molar-refractivity contribution in [2.45, 2.75) is 32.2 Å². The van der Waals surface area contributed by atoms with Gasteiger partial charge in [0.05, 0.1) is 11.7 Å². The van der Waals surface area contributed by atoms with Crippen LogP contribution < -0.4 is 5.73 Å². The van der Waals surface area contributed by atoms with Crippen LogP contribution in [0.25, 0.3) is 11.3 Å². The van der Waals surface area contributed by atoms with E-state index in [0.717, 1.165) is 34.4 Å². The molecule has 1 aromatic carbocycles. The lowest BCUT2D eigenvalue weighted by atomic mass is 10.1. The summed E-state index contributed by atoms with van der Waals surface area (Å²) in [5.74, 6) is 0. The Balaban J connectivity index is 1.98. The van der Waals surface area contributed by atoms with Crippen LogP contribution in [0.3, 0.4) is 0 Å². The van der Waals surface area contributed by atoms with E-state index in [4.69, 9.17) is 10.7 Å². The molecule has 0 aliphatic heterocycles. The molecule has 2 nitrogen and oxygen atoms in total. The van der Waals surface area contributed by atoms with E-state index in [1.165, 1.54) is 16.0 Å². The number of halogens is 1. The third-order valence-corrected chi connectivity index (χ3v) is 4.98. The fourth-order valence-corrected chi connectivity index (χ4v) is 3.95. The monoisotopic (exact) mass is 322 g/mol. The maximum atomic E-state index is 6.15. The van der Waals surface area contributed by atoms with Crippen LogP contribution in [0.1, 0.15) is 41.3 Å². The summed E-state index contributed by atoms with van der Waals surface area (Å²) in [5, 5.41) is 1.09. The highest BCUT2D eigenvalue weighted by atomic mass is 79.9. The van der Waals surface area contributed by atoms with Crippen LogP contribution in [0, 0.1) is 0 Å². The molecule has 0 spiro atoms. The van der Waals surface area contributed by atoms with Gasteiger partial charge in [0.2, 0.25) is 0 Å². The van der Waals surface area contributed by atoms with Crippen molar-refractivity contribution in [2.75, 3.05) is 0 Å². The summed E-state index contributed by atoms with van der Waals surface area (Å²) < 4.78 is 1.14.